The van der Waals surface area contributed by atoms with Gasteiger partial charge in [0.1, 0.15) is 17.2 Å². The summed E-state index contributed by atoms with van der Waals surface area (Å²) in [5.74, 6) is 3.49. The van der Waals surface area contributed by atoms with Crippen LogP contribution in [0, 0.1) is 0 Å². The van der Waals surface area contributed by atoms with E-state index in [1.165, 1.54) is 55.8 Å². The number of hydrogen-bond acceptors (Lipinski definition) is 9. The van der Waals surface area contributed by atoms with Crippen LogP contribution in [0.25, 0.3) is 6.08 Å². The van der Waals surface area contributed by atoms with Crippen molar-refractivity contribution in [3.8, 4) is 51.7 Å². The number of methoxy groups -OCH3 is 7. The summed E-state index contributed by atoms with van der Waals surface area (Å²) in [6.45, 7) is 0. The zero-order valence-corrected chi connectivity index (χ0v) is 21.9. The van der Waals surface area contributed by atoms with Crippen LogP contribution in [0.4, 0.5) is 0 Å². The molecule has 9 heteroatoms. The molecule has 196 valence electrons. The van der Waals surface area contributed by atoms with E-state index >= 15 is 0 Å². The smallest absolute Gasteiger partial charge is 0.203 e. The van der Waals surface area contributed by atoms with E-state index in [4.69, 9.17) is 37.9 Å². The molecule has 0 atom stereocenters. The van der Waals surface area contributed by atoms with E-state index < -0.39 is 0 Å². The third-order valence-electron chi connectivity index (χ3n) is 5.47. The van der Waals surface area contributed by atoms with E-state index in [0.717, 1.165) is 0 Å². The van der Waals surface area contributed by atoms with Gasteiger partial charge in [-0.05, 0) is 36.4 Å². The minimum atomic E-state index is -0.304. The Labute approximate surface area is 216 Å². The van der Waals surface area contributed by atoms with Crippen LogP contribution in [-0.2, 0) is 0 Å². The van der Waals surface area contributed by atoms with Crippen LogP contribution in [0.1, 0.15) is 15.9 Å². The van der Waals surface area contributed by atoms with Gasteiger partial charge in [-0.2, -0.15) is 0 Å². The highest BCUT2D eigenvalue weighted by Gasteiger charge is 2.19. The van der Waals surface area contributed by atoms with Crippen LogP contribution in [0.5, 0.6) is 51.7 Å². The summed E-state index contributed by atoms with van der Waals surface area (Å²) in [7, 11) is 10.6. The van der Waals surface area contributed by atoms with Crippen LogP contribution in [0.15, 0.2) is 48.5 Å². The molecule has 0 fully saturated rings. The molecule has 0 N–H and O–H groups in total. The fraction of sp³-hybridized carbons (Fsp3) is 0.250. The third kappa shape index (κ3) is 5.83. The molecule has 0 radical (unpaired) electrons. The molecule has 0 heterocycles. The second-order valence-corrected chi connectivity index (χ2v) is 7.45. The Morgan fingerprint density at radius 1 is 0.568 bits per heavy atom. The number of carbonyl (C=O) groups is 1. The van der Waals surface area contributed by atoms with Crippen molar-refractivity contribution in [3.63, 3.8) is 0 Å². The van der Waals surface area contributed by atoms with Gasteiger partial charge in [-0.25, -0.2) is 0 Å². The highest BCUT2D eigenvalue weighted by molar-refractivity contribution is 6.09. The Bertz CT molecular complexity index is 1260. The van der Waals surface area contributed by atoms with Crippen LogP contribution in [-0.4, -0.2) is 55.6 Å². The Hall–Kier alpha value is -4.53. The molecule has 0 aromatic heterocycles. The molecule has 0 saturated heterocycles. The van der Waals surface area contributed by atoms with Gasteiger partial charge in [-0.1, -0.05) is 0 Å². The van der Waals surface area contributed by atoms with Crippen LogP contribution < -0.4 is 37.9 Å². The lowest BCUT2D eigenvalue weighted by molar-refractivity contribution is 0.104. The Morgan fingerprint density at radius 2 is 1.16 bits per heavy atom. The minimum absolute atomic E-state index is 0.280. The van der Waals surface area contributed by atoms with E-state index in [-0.39, 0.29) is 11.5 Å². The first-order valence-corrected chi connectivity index (χ1v) is 11.1. The van der Waals surface area contributed by atoms with Gasteiger partial charge in [0.2, 0.25) is 11.5 Å². The van der Waals surface area contributed by atoms with Gasteiger partial charge < -0.3 is 37.9 Å². The van der Waals surface area contributed by atoms with Crippen molar-refractivity contribution in [2.24, 2.45) is 0 Å². The van der Waals surface area contributed by atoms with Gasteiger partial charge in [0, 0.05) is 23.8 Å². The largest absolute Gasteiger partial charge is 0.497 e. The summed E-state index contributed by atoms with van der Waals surface area (Å²) in [6.07, 6.45) is 3.06. The van der Waals surface area contributed by atoms with Crippen LogP contribution in [0.3, 0.4) is 0 Å². The Balaban J connectivity index is 2.00. The summed E-state index contributed by atoms with van der Waals surface area (Å²) in [5, 5.41) is 0. The average molecular weight is 511 g/mol. The fourth-order valence-electron chi connectivity index (χ4n) is 3.67. The van der Waals surface area contributed by atoms with Crippen molar-refractivity contribution < 1.29 is 42.7 Å². The lowest BCUT2D eigenvalue weighted by atomic mass is 10.1. The number of ketones is 1. The van der Waals surface area contributed by atoms with E-state index in [0.29, 0.717) is 57.1 Å². The molecule has 0 aliphatic carbocycles. The van der Waals surface area contributed by atoms with Crippen molar-refractivity contribution in [2.75, 3.05) is 49.8 Å². The van der Waals surface area contributed by atoms with Crippen LogP contribution in [0.2, 0.25) is 0 Å². The molecule has 9 nitrogen and oxygen atoms in total. The molecular formula is C28H30O9. The summed E-state index contributed by atoms with van der Waals surface area (Å²) >= 11 is 0. The molecule has 3 rings (SSSR count). The first kappa shape index (κ1) is 27.1. The quantitative estimate of drug-likeness (QED) is 0.233. The van der Waals surface area contributed by atoms with Gasteiger partial charge >= 0.3 is 0 Å². The molecule has 0 saturated carbocycles. The normalized spacial score (nSPS) is 10.6. The highest BCUT2D eigenvalue weighted by Crippen LogP contribution is 2.43. The van der Waals surface area contributed by atoms with E-state index in [9.17, 15) is 4.79 Å². The van der Waals surface area contributed by atoms with Crippen LogP contribution >= 0.6 is 0 Å². The van der Waals surface area contributed by atoms with Gasteiger partial charge in [-0.15, -0.1) is 0 Å². The second-order valence-electron chi connectivity index (χ2n) is 7.45. The number of ether oxygens (including phenoxy) is 8. The number of carbonyl (C=O) groups excluding carboxylic acids is 1. The van der Waals surface area contributed by atoms with E-state index in [1.807, 2.05) is 0 Å². The maximum atomic E-state index is 13.3. The van der Waals surface area contributed by atoms with Crippen molar-refractivity contribution in [1.82, 2.24) is 0 Å². The summed E-state index contributed by atoms with van der Waals surface area (Å²) in [5.41, 5.74) is 0.944. The average Bonchev–Trinajstić information content (AvgIpc) is 2.94. The maximum Gasteiger partial charge on any atom is 0.203 e. The predicted molar refractivity (Wildman–Crippen MR) is 139 cm³/mol. The first-order valence-electron chi connectivity index (χ1n) is 11.1. The zero-order valence-electron chi connectivity index (χ0n) is 21.9. The van der Waals surface area contributed by atoms with E-state index in [1.54, 1.807) is 48.5 Å². The lowest BCUT2D eigenvalue weighted by Gasteiger charge is -2.16. The number of hydrogen-bond donors (Lipinski definition) is 0. The summed E-state index contributed by atoms with van der Waals surface area (Å²) in [4.78, 5) is 13.3. The second kappa shape index (κ2) is 12.4. The molecule has 0 aliphatic rings. The standard InChI is InChI=1S/C28H30O9/c1-30-18-10-11-20(21(29)12-8-17-9-13-22(31-2)28(36-7)26(17)34-5)23(14-18)37-19-15-24(32-3)27(35-6)25(16-19)33-4/h8-16H,1-7H3/b12-8+. The molecule has 0 amide bonds. The molecule has 0 unspecified atom stereocenters. The van der Waals surface area contributed by atoms with E-state index in [2.05, 4.69) is 0 Å². The molecule has 0 spiro atoms. The van der Waals surface area contributed by atoms with Crippen molar-refractivity contribution >= 4 is 11.9 Å². The van der Waals surface area contributed by atoms with Gasteiger partial charge in [0.25, 0.3) is 0 Å². The summed E-state index contributed by atoms with van der Waals surface area (Å²) in [6, 6.07) is 11.7. The number of allylic oxidation sites excluding steroid dienone is 1. The first-order chi connectivity index (χ1) is 17.9. The summed E-state index contributed by atoms with van der Waals surface area (Å²) < 4.78 is 43.9. The Kier molecular flexibility index (Phi) is 9.10. The molecule has 3 aromatic rings. The predicted octanol–water partition coefficient (Wildman–Crippen LogP) is 5.44. The maximum absolute atomic E-state index is 13.3. The van der Waals surface area contributed by atoms with Crippen molar-refractivity contribution in [1.29, 1.82) is 0 Å². The number of rotatable bonds is 12. The molecule has 3 aromatic carbocycles. The molecule has 0 bridgehead atoms. The van der Waals surface area contributed by atoms with Crippen molar-refractivity contribution in [3.05, 3.63) is 59.7 Å². The zero-order chi connectivity index (χ0) is 26.9. The fourth-order valence-corrected chi connectivity index (χ4v) is 3.67. The Morgan fingerprint density at radius 3 is 1.70 bits per heavy atom. The molecule has 0 aliphatic heterocycles. The number of benzene rings is 3. The van der Waals surface area contributed by atoms with Gasteiger partial charge in [-0.3, -0.25) is 4.79 Å². The lowest BCUT2D eigenvalue weighted by Crippen LogP contribution is -2.01. The minimum Gasteiger partial charge on any atom is -0.497 e. The van der Waals surface area contributed by atoms with Gasteiger partial charge in [0.05, 0.1) is 55.3 Å². The highest BCUT2D eigenvalue weighted by atomic mass is 16.5. The molecular weight excluding hydrogens is 480 g/mol. The monoisotopic (exact) mass is 510 g/mol. The topological polar surface area (TPSA) is 90.9 Å². The van der Waals surface area contributed by atoms with Crippen molar-refractivity contribution in [2.45, 2.75) is 0 Å². The van der Waals surface area contributed by atoms with Gasteiger partial charge in [0.15, 0.2) is 28.8 Å². The third-order valence-corrected chi connectivity index (χ3v) is 5.47. The SMILES string of the molecule is COc1ccc(C(=O)/C=C/c2ccc(OC)c(OC)c2OC)c(Oc2cc(OC)c(OC)c(OC)c2)c1. The molecule has 37 heavy (non-hydrogen) atoms.